The molecule has 0 unspecified atom stereocenters. The molecule has 0 saturated heterocycles. The van der Waals surface area contributed by atoms with Gasteiger partial charge in [0, 0.05) is 0 Å². The van der Waals surface area contributed by atoms with Crippen LogP contribution < -0.4 is 9.47 Å². The first-order valence-electron chi connectivity index (χ1n) is 7.69. The van der Waals surface area contributed by atoms with Crippen LogP contribution in [-0.2, 0) is 4.79 Å². The average molecular weight is 328 g/mol. The number of benzene rings is 2. The Hall–Kier alpha value is -2.95. The molecular weight excluding hydrogens is 308 g/mol. The summed E-state index contributed by atoms with van der Waals surface area (Å²) in [4.78, 5) is 11.6. The van der Waals surface area contributed by atoms with Crippen LogP contribution in [0, 0.1) is 0 Å². The second-order valence-corrected chi connectivity index (χ2v) is 4.98. The van der Waals surface area contributed by atoms with E-state index in [1.54, 1.807) is 36.4 Å². The van der Waals surface area contributed by atoms with Gasteiger partial charge in [0.25, 0.3) is 0 Å². The van der Waals surface area contributed by atoms with Gasteiger partial charge in [0.1, 0.15) is 5.75 Å². The first kappa shape index (κ1) is 17.4. The molecule has 2 rings (SSSR count). The molecule has 0 spiro atoms. The summed E-state index contributed by atoms with van der Waals surface area (Å²) in [5.41, 5.74) is 1.32. The zero-order chi connectivity index (χ0) is 17.5. The number of aliphatic carboxylic acids is 1. The Morgan fingerprint density at radius 3 is 2.21 bits per heavy atom. The molecule has 24 heavy (non-hydrogen) atoms. The molecule has 5 heteroatoms. The quantitative estimate of drug-likeness (QED) is 0.597. The number of rotatable bonds is 7. The molecule has 2 aromatic rings. The van der Waals surface area contributed by atoms with Crippen molar-refractivity contribution in [3.63, 3.8) is 0 Å². The average Bonchev–Trinajstić information content (AvgIpc) is 2.56. The Morgan fingerprint density at radius 2 is 1.62 bits per heavy atom. The third kappa shape index (κ3) is 4.29. The van der Waals surface area contributed by atoms with Gasteiger partial charge in [-0.15, -0.1) is 0 Å². The number of hydrogen-bond acceptors (Lipinski definition) is 4. The molecule has 5 nitrogen and oxygen atoms in total. The summed E-state index contributed by atoms with van der Waals surface area (Å²) in [6.45, 7) is 4.76. The first-order chi connectivity index (χ1) is 11.5. The van der Waals surface area contributed by atoms with Crippen LogP contribution in [0.4, 0.5) is 0 Å². The standard InChI is InChI=1S/C19H20O5/c1-3-23-17-10-5-13(12-18(17)24-4-2)11-16(19(21)22)14-6-8-15(20)9-7-14/h5-12,20H,3-4H2,1-2H3,(H,21,22)/b16-11-. The van der Waals surface area contributed by atoms with E-state index in [1.807, 2.05) is 13.8 Å². The van der Waals surface area contributed by atoms with Gasteiger partial charge in [-0.2, -0.15) is 0 Å². The van der Waals surface area contributed by atoms with E-state index in [0.717, 1.165) is 0 Å². The van der Waals surface area contributed by atoms with Crippen LogP contribution in [0.15, 0.2) is 42.5 Å². The largest absolute Gasteiger partial charge is 0.508 e. The topological polar surface area (TPSA) is 76.0 Å². The van der Waals surface area contributed by atoms with Gasteiger partial charge in [0.15, 0.2) is 11.5 Å². The van der Waals surface area contributed by atoms with Crippen molar-refractivity contribution in [3.8, 4) is 17.2 Å². The van der Waals surface area contributed by atoms with Crippen molar-refractivity contribution in [2.45, 2.75) is 13.8 Å². The third-order valence-corrected chi connectivity index (χ3v) is 3.29. The number of carboxylic acids is 1. The summed E-state index contributed by atoms with van der Waals surface area (Å²) in [6.07, 6.45) is 1.56. The van der Waals surface area contributed by atoms with Crippen LogP contribution >= 0.6 is 0 Å². The van der Waals surface area contributed by atoms with Gasteiger partial charge in [0.2, 0.25) is 0 Å². The summed E-state index contributed by atoms with van der Waals surface area (Å²) in [6, 6.07) is 11.3. The molecule has 0 saturated carbocycles. The van der Waals surface area contributed by atoms with E-state index in [2.05, 4.69) is 0 Å². The lowest BCUT2D eigenvalue weighted by molar-refractivity contribution is -0.130. The highest BCUT2D eigenvalue weighted by Crippen LogP contribution is 2.30. The molecule has 126 valence electrons. The van der Waals surface area contributed by atoms with Crippen LogP contribution in [0.5, 0.6) is 17.2 Å². The lowest BCUT2D eigenvalue weighted by Crippen LogP contribution is -2.00. The maximum absolute atomic E-state index is 11.6. The van der Waals surface area contributed by atoms with Crippen LogP contribution in [0.25, 0.3) is 11.6 Å². The van der Waals surface area contributed by atoms with Crippen LogP contribution in [-0.4, -0.2) is 29.4 Å². The predicted molar refractivity (Wildman–Crippen MR) is 92.4 cm³/mol. The molecule has 0 aliphatic carbocycles. The predicted octanol–water partition coefficient (Wildman–Crippen LogP) is 3.81. The van der Waals surface area contributed by atoms with Crippen molar-refractivity contribution in [2.24, 2.45) is 0 Å². The number of carboxylic acid groups (broad SMARTS) is 1. The molecule has 0 aromatic heterocycles. The Morgan fingerprint density at radius 1 is 1.00 bits per heavy atom. The molecule has 0 amide bonds. The van der Waals surface area contributed by atoms with Gasteiger partial charge < -0.3 is 19.7 Å². The van der Waals surface area contributed by atoms with Crippen LogP contribution in [0.2, 0.25) is 0 Å². The zero-order valence-corrected chi connectivity index (χ0v) is 13.7. The van der Waals surface area contributed by atoms with Gasteiger partial charge in [-0.1, -0.05) is 18.2 Å². The maximum atomic E-state index is 11.6. The van der Waals surface area contributed by atoms with Crippen molar-refractivity contribution >= 4 is 17.6 Å². The minimum absolute atomic E-state index is 0.0863. The number of carbonyl (C=O) groups is 1. The molecule has 0 atom stereocenters. The molecule has 2 N–H and O–H groups in total. The van der Waals surface area contributed by atoms with E-state index < -0.39 is 5.97 Å². The van der Waals surface area contributed by atoms with Gasteiger partial charge in [-0.3, -0.25) is 0 Å². The fourth-order valence-corrected chi connectivity index (χ4v) is 2.23. The third-order valence-electron chi connectivity index (χ3n) is 3.29. The summed E-state index contributed by atoms with van der Waals surface area (Å²) >= 11 is 0. The van der Waals surface area contributed by atoms with Gasteiger partial charge in [0.05, 0.1) is 18.8 Å². The summed E-state index contributed by atoms with van der Waals surface area (Å²) in [5, 5.41) is 18.8. The van der Waals surface area contributed by atoms with Gasteiger partial charge >= 0.3 is 5.97 Å². The Bertz CT molecular complexity index is 732. The number of ether oxygens (including phenoxy) is 2. The highest BCUT2D eigenvalue weighted by Gasteiger charge is 2.12. The molecule has 0 fully saturated rings. The minimum atomic E-state index is -1.05. The molecule has 0 bridgehead atoms. The van der Waals surface area contributed by atoms with E-state index in [4.69, 9.17) is 9.47 Å². The summed E-state index contributed by atoms with van der Waals surface area (Å²) < 4.78 is 11.1. The fraction of sp³-hybridized carbons (Fsp3) is 0.211. The molecule has 0 radical (unpaired) electrons. The monoisotopic (exact) mass is 328 g/mol. The van der Waals surface area contributed by atoms with Gasteiger partial charge in [-0.25, -0.2) is 4.79 Å². The van der Waals surface area contributed by atoms with E-state index in [9.17, 15) is 15.0 Å². The maximum Gasteiger partial charge on any atom is 0.336 e. The summed E-state index contributed by atoms with van der Waals surface area (Å²) in [5.74, 6) is 0.234. The second-order valence-electron chi connectivity index (χ2n) is 4.98. The van der Waals surface area contributed by atoms with Crippen molar-refractivity contribution < 1.29 is 24.5 Å². The highest BCUT2D eigenvalue weighted by atomic mass is 16.5. The normalized spacial score (nSPS) is 11.2. The zero-order valence-electron chi connectivity index (χ0n) is 13.7. The van der Waals surface area contributed by atoms with Crippen LogP contribution in [0.1, 0.15) is 25.0 Å². The van der Waals surface area contributed by atoms with Crippen molar-refractivity contribution in [2.75, 3.05) is 13.2 Å². The van der Waals surface area contributed by atoms with Crippen molar-refractivity contribution in [3.05, 3.63) is 53.6 Å². The second kappa shape index (κ2) is 8.06. The number of phenols is 1. The van der Waals surface area contributed by atoms with E-state index in [0.29, 0.717) is 35.8 Å². The molecule has 2 aromatic carbocycles. The van der Waals surface area contributed by atoms with E-state index in [-0.39, 0.29) is 11.3 Å². The van der Waals surface area contributed by atoms with Crippen LogP contribution in [0.3, 0.4) is 0 Å². The highest BCUT2D eigenvalue weighted by molar-refractivity contribution is 6.20. The minimum Gasteiger partial charge on any atom is -0.508 e. The number of aromatic hydroxyl groups is 1. The lowest BCUT2D eigenvalue weighted by atomic mass is 10.0. The molecule has 0 heterocycles. The molecular formula is C19H20O5. The summed E-state index contributed by atoms with van der Waals surface area (Å²) in [7, 11) is 0. The van der Waals surface area contributed by atoms with Crippen molar-refractivity contribution in [1.29, 1.82) is 0 Å². The lowest BCUT2D eigenvalue weighted by Gasteiger charge is -2.11. The Kier molecular flexibility index (Phi) is 5.84. The van der Waals surface area contributed by atoms with E-state index >= 15 is 0 Å². The first-order valence-corrected chi connectivity index (χ1v) is 7.69. The molecule has 0 aliphatic heterocycles. The van der Waals surface area contributed by atoms with E-state index in [1.165, 1.54) is 12.1 Å². The van der Waals surface area contributed by atoms with Gasteiger partial charge in [-0.05, 0) is 55.3 Å². The smallest absolute Gasteiger partial charge is 0.336 e. The number of hydrogen-bond donors (Lipinski definition) is 2. The Balaban J connectivity index is 2.43. The van der Waals surface area contributed by atoms with Crippen molar-refractivity contribution in [1.82, 2.24) is 0 Å². The SMILES string of the molecule is CCOc1ccc(/C=C(\C(=O)O)c2ccc(O)cc2)cc1OCC. The fourth-order valence-electron chi connectivity index (χ4n) is 2.23. The molecule has 0 aliphatic rings. The Labute approximate surface area is 140 Å². The number of phenolic OH excluding ortho intramolecular Hbond substituents is 1.